The summed E-state index contributed by atoms with van der Waals surface area (Å²) in [6, 6.07) is 25.7. The Labute approximate surface area is 199 Å². The molecule has 0 aromatic heterocycles. The van der Waals surface area contributed by atoms with Gasteiger partial charge >= 0.3 is 22.4 Å². The molecule has 3 rings (SSSR count). The van der Waals surface area contributed by atoms with Gasteiger partial charge in [-0.3, -0.25) is 0 Å². The summed E-state index contributed by atoms with van der Waals surface area (Å²) in [5, 5.41) is 3.88. The number of benzene rings is 3. The Kier molecular flexibility index (Phi) is 9.75. The van der Waals surface area contributed by atoms with Gasteiger partial charge in [0.2, 0.25) is 0 Å². The number of hydrogen-bond donors (Lipinski definition) is 0. The summed E-state index contributed by atoms with van der Waals surface area (Å²) < 4.78 is 27.5. The molecule has 3 aromatic carbocycles. The molecule has 0 N–H and O–H groups in total. The van der Waals surface area contributed by atoms with Crippen LogP contribution in [0, 0.1) is 13.0 Å². The minimum atomic E-state index is -3.73. The summed E-state index contributed by atoms with van der Waals surface area (Å²) in [4.78, 5) is 5.40. The summed E-state index contributed by atoms with van der Waals surface area (Å²) in [5.74, 6) is 0. The molecule has 7 heteroatoms. The van der Waals surface area contributed by atoms with Gasteiger partial charge in [0.05, 0.1) is 17.7 Å². The normalized spacial score (nSPS) is 11.4. The topological polar surface area (TPSA) is 59.0 Å². The van der Waals surface area contributed by atoms with Crippen molar-refractivity contribution in [2.24, 2.45) is 5.16 Å². The number of sulfonamides is 1. The molecule has 0 radical (unpaired) electrons. The minimum Gasteiger partial charge on any atom is -0.437 e. The standard InChI is InChI=1S/C24H23N2O3S.Au/c1-21-13-15-24(16-14-21)30(27,28)26(20-23-11-6-3-7-12-23)17-8-18-29-25-19-22-9-4-2-5-10-22;/h2-7,9-17,19H,18,20H2,1H3;/q-1;+1/b25-19+;. The molecule has 0 aliphatic rings. The molecule has 0 aliphatic carbocycles. The molecular formula is C24H23AuN2O3S. The third kappa shape index (κ3) is 7.52. The molecule has 5 nitrogen and oxygen atoms in total. The van der Waals surface area contributed by atoms with Gasteiger partial charge < -0.3 is 15.2 Å². The Morgan fingerprint density at radius 1 is 0.935 bits per heavy atom. The molecule has 0 saturated carbocycles. The Hall–Kier alpha value is -2.64. The fraction of sp³-hybridized carbons (Fsp3) is 0.125. The van der Waals surface area contributed by atoms with E-state index in [2.05, 4.69) is 11.2 Å². The summed E-state index contributed by atoms with van der Waals surface area (Å²) in [5.41, 5.74) is 2.78. The van der Waals surface area contributed by atoms with Gasteiger partial charge in [0, 0.05) is 0 Å². The molecule has 3 aromatic rings. The summed E-state index contributed by atoms with van der Waals surface area (Å²) in [7, 11) is -3.73. The van der Waals surface area contributed by atoms with E-state index >= 15 is 0 Å². The van der Waals surface area contributed by atoms with Crippen LogP contribution in [0.5, 0.6) is 0 Å². The number of aryl methyl sites for hydroxylation is 1. The van der Waals surface area contributed by atoms with Crippen molar-refractivity contribution in [2.75, 3.05) is 6.61 Å². The second-order valence-corrected chi connectivity index (χ2v) is 8.49. The maximum atomic E-state index is 13.1. The van der Waals surface area contributed by atoms with E-state index in [0.717, 1.165) is 16.7 Å². The van der Waals surface area contributed by atoms with Crippen LogP contribution in [0.3, 0.4) is 0 Å². The fourth-order valence-corrected chi connectivity index (χ4v) is 3.94. The van der Waals surface area contributed by atoms with Crippen molar-refractivity contribution in [2.45, 2.75) is 18.4 Å². The van der Waals surface area contributed by atoms with Crippen molar-refractivity contribution in [3.05, 3.63) is 114 Å². The summed E-state index contributed by atoms with van der Waals surface area (Å²) >= 11 is 0. The number of hydrogen-bond acceptors (Lipinski definition) is 4. The number of nitrogens with zero attached hydrogens (tertiary/aromatic N) is 2. The number of rotatable bonds is 9. The van der Waals surface area contributed by atoms with Crippen LogP contribution < -0.4 is 0 Å². The molecule has 164 valence electrons. The average molecular weight is 616 g/mol. The molecule has 0 fully saturated rings. The molecule has 0 saturated heterocycles. The van der Waals surface area contributed by atoms with Gasteiger partial charge in [-0.15, -0.1) is 0 Å². The molecule has 0 aliphatic heterocycles. The van der Waals surface area contributed by atoms with Crippen LogP contribution in [0.25, 0.3) is 0 Å². The first-order chi connectivity index (χ1) is 14.6. The average Bonchev–Trinajstić information content (AvgIpc) is 2.77. The molecule has 0 spiro atoms. The zero-order valence-corrected chi connectivity index (χ0v) is 20.0. The van der Waals surface area contributed by atoms with Gasteiger partial charge in [0.25, 0.3) is 10.0 Å². The maximum Gasteiger partial charge on any atom is 1.00 e. The second kappa shape index (κ2) is 12.3. The monoisotopic (exact) mass is 616 g/mol. The molecule has 31 heavy (non-hydrogen) atoms. The van der Waals surface area contributed by atoms with Crippen LogP contribution in [0.2, 0.25) is 0 Å². The van der Waals surface area contributed by atoms with Crippen LogP contribution in [0.15, 0.2) is 101 Å². The molecular weight excluding hydrogens is 593 g/mol. The van der Waals surface area contributed by atoms with Gasteiger partial charge in [-0.25, -0.2) is 8.42 Å². The van der Waals surface area contributed by atoms with Gasteiger partial charge in [0.15, 0.2) is 0 Å². The zero-order chi connectivity index (χ0) is 21.2. The number of oxime groups is 1. The smallest absolute Gasteiger partial charge is 0.437 e. The van der Waals surface area contributed by atoms with Gasteiger partial charge in [0.1, 0.15) is 0 Å². The molecule has 0 bridgehead atoms. The Bertz CT molecular complexity index is 1080. The first-order valence-electron chi connectivity index (χ1n) is 9.45. The van der Waals surface area contributed by atoms with Gasteiger partial charge in [-0.1, -0.05) is 83.5 Å². The van der Waals surface area contributed by atoms with Gasteiger partial charge in [-0.05, 0) is 36.8 Å². The minimum absolute atomic E-state index is 0. The molecule has 0 amide bonds. The second-order valence-electron chi connectivity index (χ2n) is 6.60. The van der Waals surface area contributed by atoms with Crippen molar-refractivity contribution in [1.82, 2.24) is 4.31 Å². The third-order valence-corrected chi connectivity index (χ3v) is 5.99. The molecule has 0 unspecified atom stereocenters. The fourth-order valence-electron chi connectivity index (χ4n) is 2.66. The van der Waals surface area contributed by atoms with Crippen molar-refractivity contribution in [1.29, 1.82) is 0 Å². The first kappa shape index (κ1) is 24.6. The van der Waals surface area contributed by atoms with E-state index in [4.69, 9.17) is 4.84 Å². The zero-order valence-electron chi connectivity index (χ0n) is 17.0. The van der Waals surface area contributed by atoms with E-state index < -0.39 is 10.0 Å². The van der Waals surface area contributed by atoms with E-state index in [9.17, 15) is 8.42 Å². The van der Waals surface area contributed by atoms with Crippen LogP contribution in [-0.4, -0.2) is 25.5 Å². The Morgan fingerprint density at radius 3 is 2.19 bits per heavy atom. The summed E-state index contributed by atoms with van der Waals surface area (Å²) in [6.45, 7) is 2.13. The predicted molar refractivity (Wildman–Crippen MR) is 118 cm³/mol. The Morgan fingerprint density at radius 2 is 1.55 bits per heavy atom. The van der Waals surface area contributed by atoms with E-state index in [0.29, 0.717) is 0 Å². The van der Waals surface area contributed by atoms with Crippen molar-refractivity contribution >= 4 is 16.2 Å². The predicted octanol–water partition coefficient (Wildman–Crippen LogP) is 4.55. The largest absolute Gasteiger partial charge is 1.00 e. The summed E-state index contributed by atoms with van der Waals surface area (Å²) in [6.07, 6.45) is 5.86. The SMILES string of the molecule is Cc1ccc(S(=O)(=O)N(C=[C-]CO/N=C/c2ccccc2)Cc2ccccc2)cc1.[Au+]. The quantitative estimate of drug-likeness (QED) is 0.117. The van der Waals surface area contributed by atoms with Crippen LogP contribution in [-0.2, 0) is 43.8 Å². The van der Waals surface area contributed by atoms with Crippen molar-refractivity contribution < 1.29 is 35.6 Å². The first-order valence-corrected chi connectivity index (χ1v) is 10.9. The van der Waals surface area contributed by atoms with Crippen molar-refractivity contribution in [3.63, 3.8) is 0 Å². The van der Waals surface area contributed by atoms with E-state index in [1.807, 2.05) is 67.6 Å². The van der Waals surface area contributed by atoms with Crippen LogP contribution in [0.1, 0.15) is 16.7 Å². The van der Waals surface area contributed by atoms with E-state index in [1.165, 1.54) is 10.5 Å². The van der Waals surface area contributed by atoms with Crippen LogP contribution >= 0.6 is 0 Å². The van der Waals surface area contributed by atoms with E-state index in [1.54, 1.807) is 30.5 Å². The van der Waals surface area contributed by atoms with Gasteiger partial charge in [-0.2, -0.15) is 6.20 Å². The molecule has 0 atom stereocenters. The van der Waals surface area contributed by atoms with Crippen molar-refractivity contribution in [3.8, 4) is 0 Å². The Balaban J connectivity index is 0.00000341. The van der Waals surface area contributed by atoms with Crippen LogP contribution in [0.4, 0.5) is 0 Å². The van der Waals surface area contributed by atoms with E-state index in [-0.39, 0.29) is 40.4 Å². The third-order valence-electron chi connectivity index (χ3n) is 4.27. The molecule has 0 heterocycles. The maximum absolute atomic E-state index is 13.1.